The fourth-order valence-electron chi connectivity index (χ4n) is 1.43. The molecule has 1 aromatic rings. The van der Waals surface area contributed by atoms with Crippen LogP contribution in [0, 0.1) is 0 Å². The van der Waals surface area contributed by atoms with Gasteiger partial charge in [-0.25, -0.2) is 15.2 Å². The Morgan fingerprint density at radius 2 is 1.85 bits per heavy atom. The van der Waals surface area contributed by atoms with E-state index in [4.69, 9.17) is 9.84 Å². The van der Waals surface area contributed by atoms with E-state index >= 15 is 0 Å². The molecule has 1 aromatic carbocycles. The Morgan fingerprint density at radius 1 is 1.25 bits per heavy atom. The number of benzene rings is 1. The number of carbonyl (C=O) groups is 2. The molecule has 1 amide bonds. The van der Waals surface area contributed by atoms with Crippen LogP contribution in [-0.4, -0.2) is 34.3 Å². The number of nitrogens with one attached hydrogen (secondary N) is 1. The predicted molar refractivity (Wildman–Crippen MR) is 73.9 cm³/mol. The molecule has 0 aliphatic heterocycles. The van der Waals surface area contributed by atoms with Crippen LogP contribution in [0.15, 0.2) is 30.3 Å². The number of nitrogens with zero attached hydrogens (tertiary/aromatic N) is 1. The van der Waals surface area contributed by atoms with Gasteiger partial charge in [-0.3, -0.25) is 4.79 Å². The summed E-state index contributed by atoms with van der Waals surface area (Å²) < 4.78 is 5.24. The summed E-state index contributed by atoms with van der Waals surface area (Å²) in [6, 6.07) is 9.26. The lowest BCUT2D eigenvalue weighted by molar-refractivity contribution is -0.136. The minimum atomic E-state index is -1.05. The summed E-state index contributed by atoms with van der Waals surface area (Å²) in [6.45, 7) is 5.13. The molecule has 0 heterocycles. The first-order valence-electron chi connectivity index (χ1n) is 6.27. The molecule has 0 radical (unpaired) electrons. The van der Waals surface area contributed by atoms with Gasteiger partial charge in [-0.15, -0.1) is 0 Å². The van der Waals surface area contributed by atoms with E-state index in [2.05, 4.69) is 5.43 Å². The van der Waals surface area contributed by atoms with Gasteiger partial charge < -0.3 is 9.84 Å². The third-order valence-corrected chi connectivity index (χ3v) is 2.22. The number of carbonyl (C=O) groups excluding carboxylic acids is 1. The largest absolute Gasteiger partial charge is 0.480 e. The van der Waals surface area contributed by atoms with Gasteiger partial charge in [-0.1, -0.05) is 30.3 Å². The van der Waals surface area contributed by atoms with Crippen molar-refractivity contribution in [1.29, 1.82) is 0 Å². The minimum Gasteiger partial charge on any atom is -0.480 e. The van der Waals surface area contributed by atoms with Crippen LogP contribution in [0.4, 0.5) is 4.79 Å². The number of hydrazine groups is 1. The third-order valence-electron chi connectivity index (χ3n) is 2.22. The Morgan fingerprint density at radius 3 is 2.35 bits per heavy atom. The van der Waals surface area contributed by atoms with Gasteiger partial charge in [0.2, 0.25) is 0 Å². The maximum absolute atomic E-state index is 12.0. The lowest BCUT2D eigenvalue weighted by atomic mass is 10.2. The van der Waals surface area contributed by atoms with E-state index in [0.717, 1.165) is 10.6 Å². The first kappa shape index (κ1) is 16.0. The quantitative estimate of drug-likeness (QED) is 0.807. The zero-order valence-electron chi connectivity index (χ0n) is 11.9. The SMILES string of the molecule is CC(C)(C)OC(=O)N(Cc1ccccc1)NCC(=O)O. The molecule has 0 saturated heterocycles. The molecule has 0 saturated carbocycles. The number of hydrogen-bond acceptors (Lipinski definition) is 4. The molecule has 0 atom stereocenters. The molecule has 2 N–H and O–H groups in total. The topological polar surface area (TPSA) is 78.9 Å². The summed E-state index contributed by atoms with van der Waals surface area (Å²) in [4.78, 5) is 22.6. The number of rotatable bonds is 5. The van der Waals surface area contributed by atoms with Gasteiger partial charge in [-0.2, -0.15) is 0 Å². The summed E-state index contributed by atoms with van der Waals surface area (Å²) >= 11 is 0. The molecule has 0 bridgehead atoms. The van der Waals surface area contributed by atoms with Gasteiger partial charge in [0.15, 0.2) is 0 Å². The molecule has 20 heavy (non-hydrogen) atoms. The van der Waals surface area contributed by atoms with Gasteiger partial charge in [0.25, 0.3) is 0 Å². The highest BCUT2D eigenvalue weighted by Gasteiger charge is 2.22. The summed E-state index contributed by atoms with van der Waals surface area (Å²) in [7, 11) is 0. The van der Waals surface area contributed by atoms with Crippen LogP contribution in [0.2, 0.25) is 0 Å². The van der Waals surface area contributed by atoms with Crippen molar-refractivity contribution < 1.29 is 19.4 Å². The number of ether oxygens (including phenoxy) is 1. The normalized spacial score (nSPS) is 10.9. The van der Waals surface area contributed by atoms with E-state index in [1.807, 2.05) is 30.3 Å². The Hall–Kier alpha value is -2.08. The lowest BCUT2D eigenvalue weighted by Crippen LogP contribution is -2.46. The number of carboxylic acids is 1. The molecule has 6 nitrogen and oxygen atoms in total. The molecule has 6 heteroatoms. The number of hydrogen-bond donors (Lipinski definition) is 2. The molecule has 0 fully saturated rings. The second-order valence-corrected chi connectivity index (χ2v) is 5.28. The van der Waals surface area contributed by atoms with E-state index in [1.54, 1.807) is 20.8 Å². The minimum absolute atomic E-state index is 0.225. The average molecular weight is 280 g/mol. The van der Waals surface area contributed by atoms with Gasteiger partial charge in [-0.05, 0) is 26.3 Å². The lowest BCUT2D eigenvalue weighted by Gasteiger charge is -2.27. The van der Waals surface area contributed by atoms with Crippen LogP contribution in [0.3, 0.4) is 0 Å². The summed E-state index contributed by atoms with van der Waals surface area (Å²) in [5.74, 6) is -1.05. The number of aliphatic carboxylic acids is 1. The van der Waals surface area contributed by atoms with Crippen LogP contribution in [-0.2, 0) is 16.1 Å². The van der Waals surface area contributed by atoms with E-state index in [0.29, 0.717) is 0 Å². The third kappa shape index (κ3) is 6.19. The first-order chi connectivity index (χ1) is 9.28. The van der Waals surface area contributed by atoms with Gasteiger partial charge >= 0.3 is 12.1 Å². The number of amides is 1. The van der Waals surface area contributed by atoms with E-state index in [9.17, 15) is 9.59 Å². The van der Waals surface area contributed by atoms with Gasteiger partial charge in [0.05, 0.1) is 6.54 Å². The van der Waals surface area contributed by atoms with Crippen LogP contribution in [0.1, 0.15) is 26.3 Å². The first-order valence-corrected chi connectivity index (χ1v) is 6.27. The molecular weight excluding hydrogens is 260 g/mol. The zero-order valence-corrected chi connectivity index (χ0v) is 11.9. The maximum atomic E-state index is 12.0. The standard InChI is InChI=1S/C14H20N2O4/c1-14(2,3)20-13(19)16(15-9-12(17)18)10-11-7-5-4-6-8-11/h4-8,15H,9-10H2,1-3H3,(H,17,18). The van der Waals surface area contributed by atoms with Gasteiger partial charge in [0.1, 0.15) is 12.1 Å². The van der Waals surface area contributed by atoms with Crippen LogP contribution < -0.4 is 5.43 Å². The van der Waals surface area contributed by atoms with Gasteiger partial charge in [0, 0.05) is 0 Å². The smallest absolute Gasteiger partial charge is 0.425 e. The Bertz CT molecular complexity index is 454. The molecule has 0 spiro atoms. The van der Waals surface area contributed by atoms with Crippen molar-refractivity contribution in [1.82, 2.24) is 10.4 Å². The Kier molecular flexibility index (Phi) is 5.52. The van der Waals surface area contributed by atoms with Crippen molar-refractivity contribution in [2.75, 3.05) is 6.54 Å². The summed E-state index contributed by atoms with van der Waals surface area (Å²) in [5.41, 5.74) is 2.78. The number of carboxylic acid groups (broad SMARTS) is 1. The van der Waals surface area contributed by atoms with Crippen molar-refractivity contribution >= 4 is 12.1 Å². The van der Waals surface area contributed by atoms with Crippen LogP contribution >= 0.6 is 0 Å². The molecule has 0 aliphatic carbocycles. The summed E-state index contributed by atoms with van der Waals surface area (Å²) in [6.07, 6.45) is -0.609. The monoisotopic (exact) mass is 280 g/mol. The molecule has 0 unspecified atom stereocenters. The van der Waals surface area contributed by atoms with Crippen molar-refractivity contribution in [3.63, 3.8) is 0 Å². The molecule has 0 aromatic heterocycles. The average Bonchev–Trinajstić information content (AvgIpc) is 2.33. The summed E-state index contributed by atoms with van der Waals surface area (Å²) in [5, 5.41) is 9.86. The highest BCUT2D eigenvalue weighted by atomic mass is 16.6. The second kappa shape index (κ2) is 6.91. The van der Waals surface area contributed by atoms with E-state index in [1.165, 1.54) is 0 Å². The highest BCUT2D eigenvalue weighted by Crippen LogP contribution is 2.11. The van der Waals surface area contributed by atoms with Crippen molar-refractivity contribution in [2.24, 2.45) is 0 Å². The fraction of sp³-hybridized carbons (Fsp3) is 0.429. The maximum Gasteiger partial charge on any atom is 0.425 e. The molecule has 1 rings (SSSR count). The predicted octanol–water partition coefficient (Wildman–Crippen LogP) is 2.01. The zero-order chi connectivity index (χ0) is 15.2. The van der Waals surface area contributed by atoms with Crippen molar-refractivity contribution in [2.45, 2.75) is 32.9 Å². The molecule has 0 aliphatic rings. The molecule has 110 valence electrons. The second-order valence-electron chi connectivity index (χ2n) is 5.28. The fourth-order valence-corrected chi connectivity index (χ4v) is 1.43. The highest BCUT2D eigenvalue weighted by molar-refractivity contribution is 5.71. The van der Waals surface area contributed by atoms with Crippen LogP contribution in [0.25, 0.3) is 0 Å². The molecular formula is C14H20N2O4. The van der Waals surface area contributed by atoms with E-state index < -0.39 is 17.7 Å². The Labute approximate surface area is 118 Å². The Balaban J connectivity index is 2.74. The van der Waals surface area contributed by atoms with Crippen molar-refractivity contribution in [3.8, 4) is 0 Å². The van der Waals surface area contributed by atoms with E-state index in [-0.39, 0.29) is 13.1 Å². The van der Waals surface area contributed by atoms with Crippen molar-refractivity contribution in [3.05, 3.63) is 35.9 Å². The van der Waals surface area contributed by atoms with Crippen LogP contribution in [0.5, 0.6) is 0 Å².